The molecule has 1 aromatic rings. The predicted molar refractivity (Wildman–Crippen MR) is 72.9 cm³/mol. The molecule has 1 unspecified atom stereocenters. The van der Waals surface area contributed by atoms with Crippen molar-refractivity contribution in [2.45, 2.75) is 45.6 Å². The second kappa shape index (κ2) is 8.56. The Morgan fingerprint density at radius 2 is 2.00 bits per heavy atom. The molecule has 1 amide bonds. The van der Waals surface area contributed by atoms with Crippen molar-refractivity contribution < 1.29 is 9.53 Å². The first kappa shape index (κ1) is 14.6. The average molecular weight is 248 g/mol. The van der Waals surface area contributed by atoms with Crippen LogP contribution in [0.2, 0.25) is 0 Å². The highest BCUT2D eigenvalue weighted by Crippen LogP contribution is 2.22. The van der Waals surface area contributed by atoms with Crippen LogP contribution in [0.15, 0.2) is 30.3 Å². The van der Waals surface area contributed by atoms with Gasteiger partial charge in [0.2, 0.25) is 0 Å². The standard InChI is InChI=1S/C15H22NO2/c1-3-5-12-16-15(17)18-14(9-4-2)13-10-7-6-8-11-13/h6-8,10-12,14H,3-5,9H2,1-2H3,(H,16,17). The Balaban J connectivity index is 2.50. The number of alkyl carbamates (subject to hydrolysis) is 1. The van der Waals surface area contributed by atoms with Crippen LogP contribution in [0.3, 0.4) is 0 Å². The van der Waals surface area contributed by atoms with Gasteiger partial charge in [0.15, 0.2) is 0 Å². The summed E-state index contributed by atoms with van der Waals surface area (Å²) < 4.78 is 5.44. The van der Waals surface area contributed by atoms with Gasteiger partial charge in [0.25, 0.3) is 0 Å². The quantitative estimate of drug-likeness (QED) is 0.734. The third kappa shape index (κ3) is 5.21. The fourth-order valence-electron chi connectivity index (χ4n) is 1.69. The van der Waals surface area contributed by atoms with Gasteiger partial charge in [0.1, 0.15) is 6.10 Å². The van der Waals surface area contributed by atoms with Crippen LogP contribution in [-0.2, 0) is 4.74 Å². The molecule has 0 aliphatic rings. The molecule has 3 nitrogen and oxygen atoms in total. The smallest absolute Gasteiger partial charge is 0.408 e. The number of amides is 1. The first-order chi connectivity index (χ1) is 8.77. The molecule has 1 rings (SSSR count). The molecule has 1 aromatic carbocycles. The van der Waals surface area contributed by atoms with Crippen molar-refractivity contribution in [3.8, 4) is 0 Å². The molecule has 0 saturated carbocycles. The van der Waals surface area contributed by atoms with Gasteiger partial charge in [-0.15, -0.1) is 0 Å². The Kier molecular flexibility index (Phi) is 6.92. The zero-order chi connectivity index (χ0) is 13.2. The lowest BCUT2D eigenvalue weighted by atomic mass is 10.1. The number of benzene rings is 1. The summed E-state index contributed by atoms with van der Waals surface area (Å²) >= 11 is 0. The van der Waals surface area contributed by atoms with E-state index in [4.69, 9.17) is 4.74 Å². The van der Waals surface area contributed by atoms with E-state index in [1.807, 2.05) is 30.3 Å². The number of carbonyl (C=O) groups is 1. The number of nitrogens with one attached hydrogen (secondary N) is 1. The molecule has 0 spiro atoms. The van der Waals surface area contributed by atoms with E-state index >= 15 is 0 Å². The zero-order valence-corrected chi connectivity index (χ0v) is 11.2. The molecule has 1 N–H and O–H groups in total. The fourth-order valence-corrected chi connectivity index (χ4v) is 1.69. The van der Waals surface area contributed by atoms with Crippen molar-refractivity contribution in [2.75, 3.05) is 0 Å². The molecule has 0 aliphatic heterocycles. The summed E-state index contributed by atoms with van der Waals surface area (Å²) in [5.74, 6) is 0. The van der Waals surface area contributed by atoms with Crippen molar-refractivity contribution in [1.29, 1.82) is 0 Å². The largest absolute Gasteiger partial charge is 0.441 e. The normalized spacial score (nSPS) is 11.9. The maximum Gasteiger partial charge on any atom is 0.408 e. The molecule has 0 fully saturated rings. The number of rotatable bonds is 7. The summed E-state index contributed by atoms with van der Waals surface area (Å²) in [6, 6.07) is 9.86. The SMILES string of the molecule is CCC[CH]NC(=O)OC(CCC)c1ccccc1. The molecule has 3 heteroatoms. The Labute approximate surface area is 110 Å². The summed E-state index contributed by atoms with van der Waals surface area (Å²) in [6.45, 7) is 5.89. The molecule has 0 aliphatic carbocycles. The van der Waals surface area contributed by atoms with Gasteiger partial charge in [-0.3, -0.25) is 0 Å². The summed E-state index contributed by atoms with van der Waals surface area (Å²) in [5, 5.41) is 2.66. The van der Waals surface area contributed by atoms with Gasteiger partial charge in [-0.25, -0.2) is 4.79 Å². The number of carbonyl (C=O) groups excluding carboxylic acids is 1. The molecule has 0 aromatic heterocycles. The molecule has 0 saturated heterocycles. The summed E-state index contributed by atoms with van der Waals surface area (Å²) in [6.07, 6.45) is 3.16. The van der Waals surface area contributed by atoms with Crippen molar-refractivity contribution >= 4 is 6.09 Å². The van der Waals surface area contributed by atoms with E-state index in [9.17, 15) is 4.79 Å². The maximum absolute atomic E-state index is 11.6. The summed E-state index contributed by atoms with van der Waals surface area (Å²) in [7, 11) is 0. The first-order valence-corrected chi connectivity index (χ1v) is 6.61. The molecule has 99 valence electrons. The van der Waals surface area contributed by atoms with E-state index in [1.54, 1.807) is 6.54 Å². The minimum Gasteiger partial charge on any atom is -0.441 e. The molecule has 18 heavy (non-hydrogen) atoms. The van der Waals surface area contributed by atoms with Crippen LogP contribution in [-0.4, -0.2) is 6.09 Å². The van der Waals surface area contributed by atoms with Gasteiger partial charge < -0.3 is 10.1 Å². The van der Waals surface area contributed by atoms with E-state index in [-0.39, 0.29) is 12.2 Å². The molecule has 1 radical (unpaired) electrons. The highest BCUT2D eigenvalue weighted by atomic mass is 16.6. The lowest BCUT2D eigenvalue weighted by Gasteiger charge is -2.17. The maximum atomic E-state index is 11.6. The van der Waals surface area contributed by atoms with E-state index in [2.05, 4.69) is 19.2 Å². The van der Waals surface area contributed by atoms with Gasteiger partial charge in [-0.2, -0.15) is 0 Å². The van der Waals surface area contributed by atoms with E-state index in [0.717, 1.165) is 31.2 Å². The predicted octanol–water partition coefficient (Wildman–Crippen LogP) is 4.22. The Hall–Kier alpha value is -1.51. The van der Waals surface area contributed by atoms with Crippen molar-refractivity contribution in [2.24, 2.45) is 0 Å². The van der Waals surface area contributed by atoms with Crippen molar-refractivity contribution in [1.82, 2.24) is 5.32 Å². The van der Waals surface area contributed by atoms with Crippen molar-refractivity contribution in [3.05, 3.63) is 42.4 Å². The van der Waals surface area contributed by atoms with E-state index in [1.165, 1.54) is 0 Å². The lowest BCUT2D eigenvalue weighted by Crippen LogP contribution is -2.23. The molecular weight excluding hydrogens is 226 g/mol. The third-order valence-corrected chi connectivity index (χ3v) is 2.62. The van der Waals surface area contributed by atoms with Gasteiger partial charge >= 0.3 is 6.09 Å². The van der Waals surface area contributed by atoms with Crippen LogP contribution in [0.25, 0.3) is 0 Å². The second-order valence-electron chi connectivity index (χ2n) is 4.23. The van der Waals surface area contributed by atoms with Crippen LogP contribution < -0.4 is 5.32 Å². The number of hydrogen-bond acceptors (Lipinski definition) is 2. The van der Waals surface area contributed by atoms with Crippen LogP contribution in [0.1, 0.15) is 51.2 Å². The zero-order valence-electron chi connectivity index (χ0n) is 11.2. The fraction of sp³-hybridized carbons (Fsp3) is 0.467. The van der Waals surface area contributed by atoms with Crippen LogP contribution in [0.5, 0.6) is 0 Å². The lowest BCUT2D eigenvalue weighted by molar-refractivity contribution is 0.0938. The van der Waals surface area contributed by atoms with E-state index in [0.29, 0.717) is 0 Å². The summed E-state index contributed by atoms with van der Waals surface area (Å²) in [5.41, 5.74) is 1.05. The molecule has 0 heterocycles. The van der Waals surface area contributed by atoms with Crippen LogP contribution >= 0.6 is 0 Å². The number of unbranched alkanes of at least 4 members (excludes halogenated alkanes) is 1. The van der Waals surface area contributed by atoms with Crippen LogP contribution in [0.4, 0.5) is 4.79 Å². The van der Waals surface area contributed by atoms with Gasteiger partial charge in [-0.05, 0) is 18.4 Å². The highest BCUT2D eigenvalue weighted by Gasteiger charge is 2.15. The molecule has 0 bridgehead atoms. The second-order valence-corrected chi connectivity index (χ2v) is 4.23. The topological polar surface area (TPSA) is 38.3 Å². The Bertz CT molecular complexity index is 338. The van der Waals surface area contributed by atoms with Crippen LogP contribution in [0, 0.1) is 6.54 Å². The van der Waals surface area contributed by atoms with Gasteiger partial charge in [0, 0.05) is 0 Å². The third-order valence-electron chi connectivity index (χ3n) is 2.62. The van der Waals surface area contributed by atoms with E-state index < -0.39 is 0 Å². The Morgan fingerprint density at radius 3 is 2.61 bits per heavy atom. The Morgan fingerprint density at radius 1 is 1.28 bits per heavy atom. The number of ether oxygens (including phenoxy) is 1. The molecule has 1 atom stereocenters. The van der Waals surface area contributed by atoms with Gasteiger partial charge in [-0.1, -0.05) is 57.0 Å². The highest BCUT2D eigenvalue weighted by molar-refractivity contribution is 5.68. The molecular formula is C15H22NO2. The monoisotopic (exact) mass is 248 g/mol. The van der Waals surface area contributed by atoms with Gasteiger partial charge in [0.05, 0.1) is 6.54 Å². The number of hydrogen-bond donors (Lipinski definition) is 1. The average Bonchev–Trinajstić information content (AvgIpc) is 2.39. The van der Waals surface area contributed by atoms with Crippen molar-refractivity contribution in [3.63, 3.8) is 0 Å². The summed E-state index contributed by atoms with van der Waals surface area (Å²) in [4.78, 5) is 11.6. The first-order valence-electron chi connectivity index (χ1n) is 6.61. The minimum absolute atomic E-state index is 0.161. The minimum atomic E-state index is -0.370.